The molecule has 0 bridgehead atoms. The lowest BCUT2D eigenvalue weighted by atomic mass is 10.2. The number of alkyl halides is 1. The number of hydrogen-bond acceptors (Lipinski definition) is 3. The van der Waals surface area contributed by atoms with Crippen LogP contribution < -0.4 is 10.1 Å². The Morgan fingerprint density at radius 3 is 2.41 bits per heavy atom. The van der Waals surface area contributed by atoms with Crippen LogP contribution in [0, 0.1) is 0 Å². The molecule has 0 aliphatic carbocycles. The second-order valence-electron chi connectivity index (χ2n) is 4.39. The average molecular weight is 258 g/mol. The van der Waals surface area contributed by atoms with E-state index in [-0.39, 0.29) is 0 Å². The molecule has 1 aromatic carbocycles. The Balaban J connectivity index is 2.40. The van der Waals surface area contributed by atoms with Crippen molar-refractivity contribution in [3.63, 3.8) is 0 Å². The minimum Gasteiger partial charge on any atom is -0.457 e. The van der Waals surface area contributed by atoms with Crippen LogP contribution in [0.4, 0.5) is 4.79 Å². The lowest BCUT2D eigenvalue weighted by Gasteiger charge is -2.21. The van der Waals surface area contributed by atoms with Crippen LogP contribution in [0.15, 0.2) is 30.3 Å². The first kappa shape index (κ1) is 13.6. The third-order valence-electron chi connectivity index (χ3n) is 1.61. The summed E-state index contributed by atoms with van der Waals surface area (Å²) in [6.45, 7) is 5.32. The summed E-state index contributed by atoms with van der Waals surface area (Å²) in [7, 11) is 0. The number of amides is 1. The fourth-order valence-corrected chi connectivity index (χ4v) is 1.24. The molecule has 1 rings (SSSR count). The number of halogens is 1. The van der Waals surface area contributed by atoms with Gasteiger partial charge in [0.2, 0.25) is 0 Å². The average Bonchev–Trinajstić information content (AvgIpc) is 2.15. The van der Waals surface area contributed by atoms with E-state index >= 15 is 0 Å². The van der Waals surface area contributed by atoms with E-state index in [0.717, 1.165) is 0 Å². The van der Waals surface area contributed by atoms with Crippen LogP contribution >= 0.6 is 11.6 Å². The summed E-state index contributed by atoms with van der Waals surface area (Å²) in [5.41, 5.74) is -1.53. The number of nitrogens with one attached hydrogen (secondary N) is 1. The molecule has 1 amide bonds. The normalized spacial score (nSPS) is 12.7. The Kier molecular flexibility index (Phi) is 4.63. The van der Waals surface area contributed by atoms with Gasteiger partial charge in [0.25, 0.3) is 5.69 Å². The van der Waals surface area contributed by atoms with Crippen molar-refractivity contribution in [1.82, 2.24) is 5.32 Å². The van der Waals surface area contributed by atoms with Gasteiger partial charge in [-0.3, -0.25) is 5.32 Å². The van der Waals surface area contributed by atoms with Crippen LogP contribution in [0.2, 0.25) is 0 Å². The van der Waals surface area contributed by atoms with E-state index < -0.39 is 17.4 Å². The molecule has 0 spiro atoms. The molecular formula is C12H16ClNO3. The Bertz CT molecular complexity index is 362. The van der Waals surface area contributed by atoms with Crippen LogP contribution in [0.3, 0.4) is 0 Å². The molecule has 0 aromatic heterocycles. The van der Waals surface area contributed by atoms with Crippen LogP contribution in [0.5, 0.6) is 5.75 Å². The molecule has 4 nitrogen and oxygen atoms in total. The van der Waals surface area contributed by atoms with Crippen LogP contribution in [0.25, 0.3) is 0 Å². The van der Waals surface area contributed by atoms with Gasteiger partial charge in [0.1, 0.15) is 11.4 Å². The molecule has 0 heterocycles. The Hall–Kier alpha value is -1.42. The van der Waals surface area contributed by atoms with E-state index in [4.69, 9.17) is 21.1 Å². The highest BCUT2D eigenvalue weighted by Gasteiger charge is 2.18. The molecule has 1 aromatic rings. The maximum Gasteiger partial charge on any atom is 0.411 e. The predicted molar refractivity (Wildman–Crippen MR) is 66.1 cm³/mol. The van der Waals surface area contributed by atoms with Gasteiger partial charge in [0.05, 0.1) is 0 Å². The number of ether oxygens (including phenoxy) is 2. The number of carbonyl (C=O) groups is 1. The van der Waals surface area contributed by atoms with E-state index in [2.05, 4.69) is 5.32 Å². The molecule has 94 valence electrons. The largest absolute Gasteiger partial charge is 0.457 e. The van der Waals surface area contributed by atoms with Crippen LogP contribution in [-0.2, 0) is 4.74 Å². The molecule has 0 fully saturated rings. The van der Waals surface area contributed by atoms with E-state index in [0.29, 0.717) is 5.75 Å². The van der Waals surface area contributed by atoms with Gasteiger partial charge in [0, 0.05) is 0 Å². The molecule has 0 radical (unpaired) electrons. The van der Waals surface area contributed by atoms with Gasteiger partial charge in [-0.15, -0.1) is 0 Å². The monoisotopic (exact) mass is 257 g/mol. The van der Waals surface area contributed by atoms with Crippen molar-refractivity contribution in [1.29, 1.82) is 0 Å². The molecule has 1 N–H and O–H groups in total. The van der Waals surface area contributed by atoms with Crippen molar-refractivity contribution in [3.8, 4) is 5.75 Å². The minimum absolute atomic E-state index is 0.562. The zero-order chi connectivity index (χ0) is 12.9. The number of hydrogen-bond donors (Lipinski definition) is 1. The summed E-state index contributed by atoms with van der Waals surface area (Å²) in [4.78, 5) is 11.4. The maximum atomic E-state index is 11.4. The number of benzene rings is 1. The van der Waals surface area contributed by atoms with Crippen molar-refractivity contribution in [2.45, 2.75) is 32.1 Å². The molecule has 0 saturated carbocycles. The Labute approximate surface area is 106 Å². The van der Waals surface area contributed by atoms with Gasteiger partial charge in [-0.1, -0.05) is 29.8 Å². The fraction of sp³-hybridized carbons (Fsp3) is 0.417. The molecule has 0 aliphatic heterocycles. The lowest BCUT2D eigenvalue weighted by Crippen LogP contribution is -2.39. The molecule has 17 heavy (non-hydrogen) atoms. The number of rotatable bonds is 3. The van der Waals surface area contributed by atoms with Crippen molar-refractivity contribution in [3.05, 3.63) is 30.3 Å². The molecule has 0 aliphatic rings. The van der Waals surface area contributed by atoms with Gasteiger partial charge < -0.3 is 9.47 Å². The first-order valence-electron chi connectivity index (χ1n) is 5.22. The Morgan fingerprint density at radius 1 is 1.29 bits per heavy atom. The lowest BCUT2D eigenvalue weighted by molar-refractivity contribution is 0.0461. The summed E-state index contributed by atoms with van der Waals surface area (Å²) in [6.07, 6.45) is -0.617. The minimum atomic E-state index is -0.966. The third kappa shape index (κ3) is 6.02. The number of carbonyl (C=O) groups excluding carboxylic acids is 1. The predicted octanol–water partition coefficient (Wildman–Crippen LogP) is 3.11. The number of para-hydroxylation sites is 1. The zero-order valence-electron chi connectivity index (χ0n) is 10.1. The van der Waals surface area contributed by atoms with Gasteiger partial charge >= 0.3 is 6.09 Å². The van der Waals surface area contributed by atoms with Gasteiger partial charge in [0.15, 0.2) is 0 Å². The second kappa shape index (κ2) is 5.77. The smallest absolute Gasteiger partial charge is 0.411 e. The highest BCUT2D eigenvalue weighted by molar-refractivity contribution is 6.20. The highest BCUT2D eigenvalue weighted by atomic mass is 35.5. The zero-order valence-corrected chi connectivity index (χ0v) is 10.8. The first-order valence-corrected chi connectivity index (χ1v) is 5.66. The van der Waals surface area contributed by atoms with Crippen molar-refractivity contribution in [2.24, 2.45) is 0 Å². The van der Waals surface area contributed by atoms with Gasteiger partial charge in [-0.2, -0.15) is 0 Å². The maximum absolute atomic E-state index is 11.4. The first-order chi connectivity index (χ1) is 7.87. The SMILES string of the molecule is CC(C)(C)OC(=O)NC(Cl)Oc1ccccc1. The van der Waals surface area contributed by atoms with E-state index in [1.807, 2.05) is 18.2 Å². The standard InChI is InChI=1S/C12H16ClNO3/c1-12(2,3)17-11(15)14-10(13)16-9-7-5-4-6-8-9/h4-8,10H,1-3H3,(H,14,15). The van der Waals surface area contributed by atoms with E-state index in [9.17, 15) is 4.79 Å². The quantitative estimate of drug-likeness (QED) is 0.514. The highest BCUT2D eigenvalue weighted by Crippen LogP contribution is 2.12. The van der Waals surface area contributed by atoms with Crippen molar-refractivity contribution in [2.75, 3.05) is 0 Å². The van der Waals surface area contributed by atoms with Gasteiger partial charge in [-0.05, 0) is 32.9 Å². The second-order valence-corrected chi connectivity index (χ2v) is 4.79. The summed E-state index contributed by atoms with van der Waals surface area (Å²) >= 11 is 5.80. The molecule has 1 atom stereocenters. The summed E-state index contributed by atoms with van der Waals surface area (Å²) < 4.78 is 10.3. The molecular weight excluding hydrogens is 242 g/mol. The van der Waals surface area contributed by atoms with Crippen molar-refractivity contribution < 1.29 is 14.3 Å². The van der Waals surface area contributed by atoms with Crippen molar-refractivity contribution >= 4 is 17.7 Å². The molecule has 1 unspecified atom stereocenters. The van der Waals surface area contributed by atoms with E-state index in [1.54, 1.807) is 32.9 Å². The summed E-state index contributed by atoms with van der Waals surface area (Å²) in [5.74, 6) is 0.573. The van der Waals surface area contributed by atoms with E-state index in [1.165, 1.54) is 0 Å². The number of alkyl carbamates (subject to hydrolysis) is 1. The van der Waals surface area contributed by atoms with Crippen LogP contribution in [-0.4, -0.2) is 17.4 Å². The molecule has 0 saturated heterocycles. The summed E-state index contributed by atoms with van der Waals surface area (Å²) in [5, 5.41) is 2.37. The Morgan fingerprint density at radius 2 is 1.88 bits per heavy atom. The third-order valence-corrected chi connectivity index (χ3v) is 1.81. The topological polar surface area (TPSA) is 47.6 Å². The van der Waals surface area contributed by atoms with Crippen LogP contribution in [0.1, 0.15) is 20.8 Å². The molecule has 5 heteroatoms. The van der Waals surface area contributed by atoms with Gasteiger partial charge in [-0.25, -0.2) is 4.79 Å². The summed E-state index contributed by atoms with van der Waals surface area (Å²) in [6, 6.07) is 8.97. The fourth-order valence-electron chi connectivity index (χ4n) is 1.05.